The monoisotopic (exact) mass is 385 g/mol. The molecule has 2 aromatic rings. The number of hydrogen-bond acceptors (Lipinski definition) is 8. The molecular formula is C20H27N5O3. The summed E-state index contributed by atoms with van der Waals surface area (Å²) in [6, 6.07) is 0. The number of aryl methyl sites for hydroxylation is 2. The molecule has 8 heteroatoms. The van der Waals surface area contributed by atoms with Crippen LogP contribution in [0, 0.1) is 13.8 Å². The van der Waals surface area contributed by atoms with Crippen LogP contribution in [0.5, 0.6) is 0 Å². The lowest BCUT2D eigenvalue weighted by molar-refractivity contribution is 0.0501. The molecule has 5 rings (SSSR count). The molecule has 0 unspecified atom stereocenters. The normalized spacial score (nSPS) is 25.4. The number of morpholine rings is 1. The Hall–Kier alpha value is -2.03. The average Bonchev–Trinajstić information content (AvgIpc) is 3.28. The maximum atomic E-state index is 5.98. The molecule has 150 valence electrons. The van der Waals surface area contributed by atoms with Crippen LogP contribution in [0.4, 0.5) is 5.95 Å². The Morgan fingerprint density at radius 3 is 2.79 bits per heavy atom. The second-order valence-electron chi connectivity index (χ2n) is 8.18. The van der Waals surface area contributed by atoms with Crippen molar-refractivity contribution in [3.8, 4) is 0 Å². The number of rotatable bonds is 3. The van der Waals surface area contributed by atoms with Crippen molar-refractivity contribution < 1.29 is 14.0 Å². The quantitative estimate of drug-likeness (QED) is 0.788. The molecule has 3 aliphatic heterocycles. The maximum absolute atomic E-state index is 5.98. The second-order valence-corrected chi connectivity index (χ2v) is 8.18. The van der Waals surface area contributed by atoms with Crippen molar-refractivity contribution in [3.63, 3.8) is 0 Å². The van der Waals surface area contributed by atoms with Crippen molar-refractivity contribution in [1.29, 1.82) is 0 Å². The predicted octanol–water partition coefficient (Wildman–Crippen LogP) is 1.59. The first-order chi connectivity index (χ1) is 13.6. The summed E-state index contributed by atoms with van der Waals surface area (Å²) in [5.41, 5.74) is 4.43. The topological polar surface area (TPSA) is 76.8 Å². The first kappa shape index (κ1) is 18.0. The Bertz CT molecular complexity index is 844. The van der Waals surface area contributed by atoms with Crippen LogP contribution < -0.4 is 4.90 Å². The SMILES string of the molecule is Cc1noc(C)c1CN1CC[C@]2(COCc3cnc(N4CCOCC4)nc32)C1. The lowest BCUT2D eigenvalue weighted by Gasteiger charge is -2.35. The number of anilines is 1. The maximum Gasteiger partial charge on any atom is 0.225 e. The molecule has 2 fully saturated rings. The fraction of sp³-hybridized carbons (Fsp3) is 0.650. The van der Waals surface area contributed by atoms with E-state index < -0.39 is 0 Å². The molecule has 5 heterocycles. The molecule has 1 atom stereocenters. The standard InChI is InChI=1S/C20H27N5O3/c1-14-17(15(2)28-23-14)10-24-4-3-20(12-24)13-27-11-16-9-21-19(22-18(16)20)25-5-7-26-8-6-25/h9H,3-8,10-13H2,1-2H3/t20-/m1/s1. The highest BCUT2D eigenvalue weighted by atomic mass is 16.5. The largest absolute Gasteiger partial charge is 0.378 e. The van der Waals surface area contributed by atoms with Gasteiger partial charge >= 0.3 is 0 Å². The van der Waals surface area contributed by atoms with E-state index in [0.717, 1.165) is 81.9 Å². The van der Waals surface area contributed by atoms with E-state index in [0.29, 0.717) is 6.61 Å². The first-order valence-electron chi connectivity index (χ1n) is 10.1. The van der Waals surface area contributed by atoms with Gasteiger partial charge in [-0.15, -0.1) is 0 Å². The van der Waals surface area contributed by atoms with Gasteiger partial charge in [0.05, 0.1) is 43.2 Å². The minimum absolute atomic E-state index is 0.0590. The molecule has 0 aliphatic carbocycles. The summed E-state index contributed by atoms with van der Waals surface area (Å²) < 4.78 is 16.8. The van der Waals surface area contributed by atoms with Gasteiger partial charge in [-0.3, -0.25) is 4.90 Å². The van der Waals surface area contributed by atoms with Crippen LogP contribution in [0.15, 0.2) is 10.7 Å². The summed E-state index contributed by atoms with van der Waals surface area (Å²) in [7, 11) is 0. The molecule has 0 bridgehead atoms. The Labute approximate surface area is 164 Å². The van der Waals surface area contributed by atoms with Crippen LogP contribution in [0.2, 0.25) is 0 Å². The van der Waals surface area contributed by atoms with E-state index in [4.69, 9.17) is 19.0 Å². The molecule has 2 saturated heterocycles. The summed E-state index contributed by atoms with van der Waals surface area (Å²) in [4.78, 5) is 14.4. The predicted molar refractivity (Wildman–Crippen MR) is 102 cm³/mol. The number of aromatic nitrogens is 3. The molecule has 28 heavy (non-hydrogen) atoms. The van der Waals surface area contributed by atoms with Gasteiger partial charge in [0, 0.05) is 43.5 Å². The van der Waals surface area contributed by atoms with Gasteiger partial charge in [0.2, 0.25) is 5.95 Å². The van der Waals surface area contributed by atoms with E-state index in [9.17, 15) is 0 Å². The fourth-order valence-corrected chi connectivity index (χ4v) is 4.66. The number of nitrogens with zero attached hydrogens (tertiary/aromatic N) is 5. The van der Waals surface area contributed by atoms with Gasteiger partial charge < -0.3 is 18.9 Å². The number of hydrogen-bond donors (Lipinski definition) is 0. The van der Waals surface area contributed by atoms with Gasteiger partial charge in [-0.1, -0.05) is 5.16 Å². The molecule has 1 spiro atoms. The van der Waals surface area contributed by atoms with Gasteiger partial charge in [0.1, 0.15) is 5.76 Å². The molecule has 0 aromatic carbocycles. The summed E-state index contributed by atoms with van der Waals surface area (Å²) in [5.74, 6) is 1.74. The summed E-state index contributed by atoms with van der Waals surface area (Å²) in [6.45, 7) is 11.3. The van der Waals surface area contributed by atoms with E-state index in [1.54, 1.807) is 0 Å². The zero-order chi connectivity index (χ0) is 19.1. The summed E-state index contributed by atoms with van der Waals surface area (Å²) in [5, 5.41) is 4.10. The van der Waals surface area contributed by atoms with Gasteiger partial charge in [-0.25, -0.2) is 9.97 Å². The van der Waals surface area contributed by atoms with Crippen molar-refractivity contribution in [3.05, 3.63) is 34.5 Å². The first-order valence-corrected chi connectivity index (χ1v) is 10.1. The minimum Gasteiger partial charge on any atom is -0.378 e. The third kappa shape index (κ3) is 3.09. The van der Waals surface area contributed by atoms with E-state index in [1.165, 1.54) is 11.3 Å². The Morgan fingerprint density at radius 2 is 2.00 bits per heavy atom. The van der Waals surface area contributed by atoms with Crippen LogP contribution in [0.3, 0.4) is 0 Å². The molecule has 2 aromatic heterocycles. The van der Waals surface area contributed by atoms with Crippen LogP contribution in [-0.2, 0) is 28.0 Å². The fourth-order valence-electron chi connectivity index (χ4n) is 4.66. The van der Waals surface area contributed by atoms with Crippen molar-refractivity contribution >= 4 is 5.95 Å². The second kappa shape index (κ2) is 7.09. The van der Waals surface area contributed by atoms with Crippen molar-refractivity contribution in [2.24, 2.45) is 0 Å². The van der Waals surface area contributed by atoms with Gasteiger partial charge in [-0.2, -0.15) is 0 Å². The molecule has 8 nitrogen and oxygen atoms in total. The molecule has 0 radical (unpaired) electrons. The highest BCUT2D eigenvalue weighted by Gasteiger charge is 2.45. The summed E-state index contributed by atoms with van der Waals surface area (Å²) >= 11 is 0. The van der Waals surface area contributed by atoms with Crippen LogP contribution in [-0.4, -0.2) is 66.0 Å². The molecule has 3 aliphatic rings. The van der Waals surface area contributed by atoms with Gasteiger partial charge in [0.15, 0.2) is 0 Å². The third-order valence-electron chi connectivity index (χ3n) is 6.28. The lowest BCUT2D eigenvalue weighted by atomic mass is 9.80. The number of ether oxygens (including phenoxy) is 2. The van der Waals surface area contributed by atoms with Crippen LogP contribution >= 0.6 is 0 Å². The molecule has 0 saturated carbocycles. The zero-order valence-electron chi connectivity index (χ0n) is 16.6. The minimum atomic E-state index is -0.0590. The number of likely N-dealkylation sites (tertiary alicyclic amines) is 1. The van der Waals surface area contributed by atoms with E-state index >= 15 is 0 Å². The van der Waals surface area contributed by atoms with Crippen molar-refractivity contribution in [1.82, 2.24) is 20.0 Å². The molecule has 0 amide bonds. The van der Waals surface area contributed by atoms with Crippen molar-refractivity contribution in [2.75, 3.05) is 50.9 Å². The Balaban J connectivity index is 1.41. The molecule has 0 N–H and O–H groups in total. The van der Waals surface area contributed by atoms with E-state index in [-0.39, 0.29) is 5.41 Å². The number of fused-ring (bicyclic) bond motifs is 2. The van der Waals surface area contributed by atoms with Crippen molar-refractivity contribution in [2.45, 2.75) is 38.8 Å². The van der Waals surface area contributed by atoms with Crippen LogP contribution in [0.1, 0.15) is 34.7 Å². The van der Waals surface area contributed by atoms with E-state index in [2.05, 4.69) is 19.9 Å². The van der Waals surface area contributed by atoms with Crippen LogP contribution in [0.25, 0.3) is 0 Å². The molecular weight excluding hydrogens is 358 g/mol. The smallest absolute Gasteiger partial charge is 0.225 e. The third-order valence-corrected chi connectivity index (χ3v) is 6.28. The zero-order valence-corrected chi connectivity index (χ0v) is 16.6. The highest BCUT2D eigenvalue weighted by Crippen LogP contribution is 2.40. The Kier molecular flexibility index (Phi) is 4.57. The van der Waals surface area contributed by atoms with E-state index in [1.807, 2.05) is 20.0 Å². The highest BCUT2D eigenvalue weighted by molar-refractivity contribution is 5.39. The van der Waals surface area contributed by atoms with Gasteiger partial charge in [-0.05, 0) is 26.8 Å². The lowest BCUT2D eigenvalue weighted by Crippen LogP contribution is -2.42. The Morgan fingerprint density at radius 1 is 1.14 bits per heavy atom. The van der Waals surface area contributed by atoms with Gasteiger partial charge in [0.25, 0.3) is 0 Å². The summed E-state index contributed by atoms with van der Waals surface area (Å²) in [6.07, 6.45) is 3.01. The average molecular weight is 385 g/mol.